The molecule has 0 fully saturated rings. The van der Waals surface area contributed by atoms with Gasteiger partial charge in [0.25, 0.3) is 0 Å². The lowest BCUT2D eigenvalue weighted by Crippen LogP contribution is -1.96. The number of rotatable bonds is 1. The molecular weight excluding hydrogens is 190 g/mol. The molecule has 0 atom stereocenters. The Morgan fingerprint density at radius 2 is 2.13 bits per heavy atom. The molecule has 5 nitrogen and oxygen atoms in total. The van der Waals surface area contributed by atoms with Crippen LogP contribution in [0, 0.1) is 0 Å². The van der Waals surface area contributed by atoms with Crippen LogP contribution in [-0.4, -0.2) is 19.7 Å². The van der Waals surface area contributed by atoms with E-state index in [1.165, 1.54) is 0 Å². The molecular formula is C10H9N5. The summed E-state index contributed by atoms with van der Waals surface area (Å²) in [5.41, 5.74) is 8.11. The van der Waals surface area contributed by atoms with Crippen molar-refractivity contribution in [3.63, 3.8) is 0 Å². The first-order valence-electron chi connectivity index (χ1n) is 4.58. The zero-order chi connectivity index (χ0) is 10.3. The van der Waals surface area contributed by atoms with Crippen LogP contribution in [-0.2, 0) is 0 Å². The predicted molar refractivity (Wildman–Crippen MR) is 57.6 cm³/mol. The first kappa shape index (κ1) is 8.05. The third-order valence-corrected chi connectivity index (χ3v) is 2.20. The highest BCUT2D eigenvalue weighted by Gasteiger charge is 2.04. The molecule has 2 heterocycles. The molecule has 3 rings (SSSR count). The van der Waals surface area contributed by atoms with Gasteiger partial charge in [-0.2, -0.15) is 5.10 Å². The van der Waals surface area contributed by atoms with Crippen LogP contribution < -0.4 is 5.73 Å². The molecule has 0 amide bonds. The molecule has 0 saturated heterocycles. The van der Waals surface area contributed by atoms with Crippen molar-refractivity contribution in [2.24, 2.45) is 0 Å². The van der Waals surface area contributed by atoms with Crippen molar-refractivity contribution in [2.75, 3.05) is 5.73 Å². The van der Waals surface area contributed by atoms with Crippen LogP contribution >= 0.6 is 0 Å². The number of fused-ring (bicyclic) bond motifs is 1. The van der Waals surface area contributed by atoms with E-state index in [4.69, 9.17) is 5.73 Å². The molecule has 0 unspecified atom stereocenters. The van der Waals surface area contributed by atoms with Gasteiger partial charge in [-0.05, 0) is 12.1 Å². The maximum Gasteiger partial charge on any atom is 0.229 e. The summed E-state index contributed by atoms with van der Waals surface area (Å²) in [6, 6.07) is 7.83. The van der Waals surface area contributed by atoms with Crippen molar-refractivity contribution in [2.45, 2.75) is 0 Å². The lowest BCUT2D eigenvalue weighted by Gasteiger charge is -1.91. The Balaban J connectivity index is 2.19. The molecule has 0 aliphatic rings. The van der Waals surface area contributed by atoms with Gasteiger partial charge in [-0.3, -0.25) is 0 Å². The Morgan fingerprint density at radius 3 is 2.87 bits per heavy atom. The maximum absolute atomic E-state index is 5.59. The van der Waals surface area contributed by atoms with Crippen LogP contribution in [0.2, 0.25) is 0 Å². The molecule has 0 bridgehead atoms. The number of hydrogen-bond acceptors (Lipinski definition) is 3. The van der Waals surface area contributed by atoms with Crippen molar-refractivity contribution in [1.82, 2.24) is 19.7 Å². The molecule has 2 aromatic heterocycles. The summed E-state index contributed by atoms with van der Waals surface area (Å²) in [6.45, 7) is 0. The Bertz CT molecular complexity index is 574. The number of nitrogens with one attached hydrogen (secondary N) is 1. The third-order valence-electron chi connectivity index (χ3n) is 2.20. The van der Waals surface area contributed by atoms with Crippen LogP contribution in [0.3, 0.4) is 0 Å². The fraction of sp³-hybridized carbons (Fsp3) is 0. The Labute approximate surface area is 85.5 Å². The van der Waals surface area contributed by atoms with E-state index in [2.05, 4.69) is 15.1 Å². The molecule has 5 heteroatoms. The smallest absolute Gasteiger partial charge is 0.229 e. The summed E-state index contributed by atoms with van der Waals surface area (Å²) in [4.78, 5) is 7.54. The van der Waals surface area contributed by atoms with E-state index in [0.29, 0.717) is 11.6 Å². The number of benzene rings is 1. The standard InChI is InChI=1S/C10H9N5/c11-7-5-12-15(6-7)10-13-8-3-1-2-4-9(8)14-10/h1-6H,11H2,(H,13,14). The summed E-state index contributed by atoms with van der Waals surface area (Å²) in [5, 5.41) is 4.08. The van der Waals surface area contributed by atoms with Gasteiger partial charge in [-0.15, -0.1) is 0 Å². The number of nitrogens with zero attached hydrogens (tertiary/aromatic N) is 3. The molecule has 0 aliphatic heterocycles. The second kappa shape index (κ2) is 2.84. The predicted octanol–water partition coefficient (Wildman–Crippen LogP) is 1.33. The third kappa shape index (κ3) is 1.25. The molecule has 1 aromatic carbocycles. The normalized spacial score (nSPS) is 10.9. The number of imidazole rings is 1. The van der Waals surface area contributed by atoms with E-state index >= 15 is 0 Å². The van der Waals surface area contributed by atoms with Crippen molar-refractivity contribution < 1.29 is 0 Å². The van der Waals surface area contributed by atoms with Gasteiger partial charge in [0.2, 0.25) is 5.95 Å². The number of hydrogen-bond donors (Lipinski definition) is 2. The van der Waals surface area contributed by atoms with Gasteiger partial charge >= 0.3 is 0 Å². The van der Waals surface area contributed by atoms with Crippen LogP contribution in [0.25, 0.3) is 17.0 Å². The van der Waals surface area contributed by atoms with Gasteiger partial charge in [0.05, 0.1) is 29.1 Å². The second-order valence-corrected chi connectivity index (χ2v) is 3.30. The number of aromatic nitrogens is 4. The van der Waals surface area contributed by atoms with Gasteiger partial charge in [0.15, 0.2) is 0 Å². The first-order chi connectivity index (χ1) is 7.33. The second-order valence-electron chi connectivity index (χ2n) is 3.30. The van der Waals surface area contributed by atoms with E-state index in [9.17, 15) is 0 Å². The topological polar surface area (TPSA) is 72.5 Å². The highest BCUT2D eigenvalue weighted by molar-refractivity contribution is 5.75. The number of para-hydroxylation sites is 2. The van der Waals surface area contributed by atoms with Gasteiger partial charge in [0, 0.05) is 0 Å². The van der Waals surface area contributed by atoms with Gasteiger partial charge in [-0.1, -0.05) is 12.1 Å². The molecule has 0 saturated carbocycles. The largest absolute Gasteiger partial charge is 0.396 e. The van der Waals surface area contributed by atoms with E-state index in [-0.39, 0.29) is 0 Å². The lowest BCUT2D eigenvalue weighted by atomic mass is 10.3. The summed E-state index contributed by atoms with van der Waals surface area (Å²) in [6.07, 6.45) is 3.31. The summed E-state index contributed by atoms with van der Waals surface area (Å²) >= 11 is 0. The Kier molecular flexibility index (Phi) is 1.53. The quantitative estimate of drug-likeness (QED) is 0.621. The Morgan fingerprint density at radius 1 is 1.27 bits per heavy atom. The lowest BCUT2D eigenvalue weighted by molar-refractivity contribution is 0.829. The van der Waals surface area contributed by atoms with Crippen molar-refractivity contribution in [1.29, 1.82) is 0 Å². The Hall–Kier alpha value is -2.30. The van der Waals surface area contributed by atoms with E-state index < -0.39 is 0 Å². The molecule has 0 aliphatic carbocycles. The van der Waals surface area contributed by atoms with Gasteiger partial charge in [-0.25, -0.2) is 9.67 Å². The minimum atomic E-state index is 0.621. The maximum atomic E-state index is 5.59. The minimum Gasteiger partial charge on any atom is -0.396 e. The highest BCUT2D eigenvalue weighted by Crippen LogP contribution is 2.13. The highest BCUT2D eigenvalue weighted by atomic mass is 15.3. The van der Waals surface area contributed by atoms with Crippen LogP contribution in [0.5, 0.6) is 0 Å². The van der Waals surface area contributed by atoms with Crippen LogP contribution in [0.1, 0.15) is 0 Å². The zero-order valence-electron chi connectivity index (χ0n) is 7.88. The van der Waals surface area contributed by atoms with Gasteiger partial charge in [0.1, 0.15) is 0 Å². The molecule has 74 valence electrons. The van der Waals surface area contributed by atoms with Crippen molar-refractivity contribution >= 4 is 16.7 Å². The van der Waals surface area contributed by atoms with E-state index in [1.54, 1.807) is 17.1 Å². The summed E-state index contributed by atoms with van der Waals surface area (Å²) in [7, 11) is 0. The first-order valence-corrected chi connectivity index (χ1v) is 4.58. The van der Waals surface area contributed by atoms with Crippen molar-refractivity contribution in [3.05, 3.63) is 36.7 Å². The fourth-order valence-corrected chi connectivity index (χ4v) is 1.50. The summed E-state index contributed by atoms with van der Waals surface area (Å²) < 4.78 is 1.62. The average Bonchev–Trinajstić information content (AvgIpc) is 2.82. The molecule has 15 heavy (non-hydrogen) atoms. The number of nitrogen functional groups attached to an aromatic ring is 1. The molecule has 0 spiro atoms. The molecule has 3 aromatic rings. The van der Waals surface area contributed by atoms with E-state index in [0.717, 1.165) is 11.0 Å². The molecule has 3 N–H and O–H groups in total. The van der Waals surface area contributed by atoms with Gasteiger partial charge < -0.3 is 10.7 Å². The number of aromatic amines is 1. The number of H-pyrrole nitrogens is 1. The minimum absolute atomic E-state index is 0.621. The van der Waals surface area contributed by atoms with Crippen molar-refractivity contribution in [3.8, 4) is 5.95 Å². The number of nitrogens with two attached hydrogens (primary N) is 1. The number of anilines is 1. The average molecular weight is 199 g/mol. The summed E-state index contributed by atoms with van der Waals surface area (Å²) in [5.74, 6) is 0.674. The SMILES string of the molecule is Nc1cnn(-c2nc3ccccc3[nH]2)c1. The molecule has 0 radical (unpaired) electrons. The van der Waals surface area contributed by atoms with E-state index in [1.807, 2.05) is 24.3 Å². The monoisotopic (exact) mass is 199 g/mol. The fourth-order valence-electron chi connectivity index (χ4n) is 1.50. The zero-order valence-corrected chi connectivity index (χ0v) is 7.88. The van der Waals surface area contributed by atoms with Crippen LogP contribution in [0.15, 0.2) is 36.7 Å². The van der Waals surface area contributed by atoms with Crippen LogP contribution in [0.4, 0.5) is 5.69 Å².